The summed E-state index contributed by atoms with van der Waals surface area (Å²) < 4.78 is 43.9. The molecule has 0 N–H and O–H groups in total. The third-order valence-corrected chi connectivity index (χ3v) is 4.22. The van der Waals surface area contributed by atoms with Crippen LogP contribution in [-0.4, -0.2) is 20.1 Å². The molecule has 0 fully saturated rings. The fourth-order valence-corrected chi connectivity index (χ4v) is 2.80. The van der Waals surface area contributed by atoms with E-state index in [9.17, 15) is 18.0 Å². The third-order valence-electron chi connectivity index (χ3n) is 3.55. The van der Waals surface area contributed by atoms with Gasteiger partial charge in [-0.25, -0.2) is 0 Å². The normalized spacial score (nSPS) is 12.8. The van der Waals surface area contributed by atoms with Gasteiger partial charge in [-0.15, -0.1) is 0 Å². The minimum Gasteiger partial charge on any atom is -0.367 e. The molecule has 128 valence electrons. The van der Waals surface area contributed by atoms with Gasteiger partial charge in [0.15, 0.2) is 6.10 Å². The predicted molar refractivity (Wildman–Crippen MR) is 88.7 cm³/mol. The van der Waals surface area contributed by atoms with Crippen molar-refractivity contribution in [1.29, 1.82) is 0 Å². The van der Waals surface area contributed by atoms with Crippen molar-refractivity contribution in [1.82, 2.24) is 0 Å². The molecular formula is C17H15BrF3NO2. The molecule has 0 aliphatic heterocycles. The van der Waals surface area contributed by atoms with E-state index in [0.717, 1.165) is 16.6 Å². The molecule has 1 unspecified atom stereocenters. The molecule has 2 aromatic carbocycles. The van der Waals surface area contributed by atoms with Gasteiger partial charge in [0.05, 0.1) is 11.3 Å². The first-order valence-corrected chi connectivity index (χ1v) is 7.77. The summed E-state index contributed by atoms with van der Waals surface area (Å²) in [5.41, 5.74) is 0.221. The average molecular weight is 402 g/mol. The summed E-state index contributed by atoms with van der Waals surface area (Å²) in [6.07, 6.45) is -5.42. The molecule has 0 aliphatic rings. The molecule has 0 saturated heterocycles. The van der Waals surface area contributed by atoms with Crippen LogP contribution in [0.3, 0.4) is 0 Å². The standard InChI is InChI=1S/C17H15BrF3NO2/c1-22(14-6-4-3-5-13(14)18)16(23)15(24-2)11-7-9-12(10-8-11)17(19,20)21/h3-10,15H,1-2H3. The second kappa shape index (κ2) is 7.36. The van der Waals surface area contributed by atoms with E-state index in [0.29, 0.717) is 11.3 Å². The zero-order chi connectivity index (χ0) is 17.9. The van der Waals surface area contributed by atoms with Crippen LogP contribution in [0.1, 0.15) is 17.2 Å². The number of hydrogen-bond donors (Lipinski definition) is 0. The van der Waals surface area contributed by atoms with E-state index in [2.05, 4.69) is 15.9 Å². The van der Waals surface area contributed by atoms with Crippen molar-refractivity contribution in [3.8, 4) is 0 Å². The smallest absolute Gasteiger partial charge is 0.367 e. The van der Waals surface area contributed by atoms with Gasteiger partial charge in [0, 0.05) is 18.6 Å². The third kappa shape index (κ3) is 3.96. The number of ether oxygens (including phenoxy) is 1. The Kier molecular flexibility index (Phi) is 5.66. The molecule has 2 aromatic rings. The quantitative estimate of drug-likeness (QED) is 0.734. The average Bonchev–Trinajstić information content (AvgIpc) is 2.55. The molecule has 1 atom stereocenters. The van der Waals surface area contributed by atoms with Gasteiger partial charge in [-0.3, -0.25) is 4.79 Å². The van der Waals surface area contributed by atoms with Gasteiger partial charge in [-0.2, -0.15) is 13.2 Å². The number of methoxy groups -OCH3 is 1. The molecule has 0 heterocycles. The van der Waals surface area contributed by atoms with Crippen LogP contribution in [0.25, 0.3) is 0 Å². The number of rotatable bonds is 4. The van der Waals surface area contributed by atoms with Crippen molar-refractivity contribution in [2.75, 3.05) is 19.1 Å². The first-order valence-electron chi connectivity index (χ1n) is 6.97. The van der Waals surface area contributed by atoms with E-state index in [1.165, 1.54) is 24.1 Å². The van der Waals surface area contributed by atoms with Crippen LogP contribution in [0.15, 0.2) is 53.0 Å². The summed E-state index contributed by atoms with van der Waals surface area (Å²) in [7, 11) is 2.92. The number of para-hydroxylation sites is 1. The van der Waals surface area contributed by atoms with Crippen LogP contribution in [0.5, 0.6) is 0 Å². The first-order chi connectivity index (χ1) is 11.3. The highest BCUT2D eigenvalue weighted by Gasteiger charge is 2.31. The Hall–Kier alpha value is -1.86. The fraction of sp³-hybridized carbons (Fsp3) is 0.235. The largest absolute Gasteiger partial charge is 0.416 e. The Labute approximate surface area is 146 Å². The predicted octanol–water partition coefficient (Wildman–Crippen LogP) is 4.82. The number of anilines is 1. The van der Waals surface area contributed by atoms with Gasteiger partial charge in [-0.1, -0.05) is 24.3 Å². The Morgan fingerprint density at radius 2 is 1.71 bits per heavy atom. The number of carbonyl (C=O) groups excluding carboxylic acids is 1. The zero-order valence-corrected chi connectivity index (χ0v) is 14.6. The van der Waals surface area contributed by atoms with Gasteiger partial charge in [-0.05, 0) is 45.8 Å². The highest BCUT2D eigenvalue weighted by molar-refractivity contribution is 9.10. The van der Waals surface area contributed by atoms with E-state index in [1.54, 1.807) is 25.2 Å². The number of halogens is 4. The number of carbonyl (C=O) groups is 1. The van der Waals surface area contributed by atoms with Gasteiger partial charge in [0.25, 0.3) is 5.91 Å². The molecule has 0 bridgehead atoms. The monoisotopic (exact) mass is 401 g/mol. The minimum atomic E-state index is -4.42. The lowest BCUT2D eigenvalue weighted by atomic mass is 10.1. The lowest BCUT2D eigenvalue weighted by molar-refractivity contribution is -0.137. The topological polar surface area (TPSA) is 29.5 Å². The lowest BCUT2D eigenvalue weighted by Gasteiger charge is -2.24. The van der Waals surface area contributed by atoms with Crippen molar-refractivity contribution in [3.63, 3.8) is 0 Å². The number of likely N-dealkylation sites (N-methyl/N-ethyl adjacent to an activating group) is 1. The molecule has 1 amide bonds. The van der Waals surface area contributed by atoms with Crippen LogP contribution in [0.4, 0.5) is 18.9 Å². The van der Waals surface area contributed by atoms with Crippen LogP contribution in [-0.2, 0) is 15.7 Å². The van der Waals surface area contributed by atoms with E-state index in [1.807, 2.05) is 6.07 Å². The van der Waals surface area contributed by atoms with Gasteiger partial charge >= 0.3 is 6.18 Å². The van der Waals surface area contributed by atoms with E-state index >= 15 is 0 Å². The van der Waals surface area contributed by atoms with Crippen molar-refractivity contribution in [2.24, 2.45) is 0 Å². The molecule has 24 heavy (non-hydrogen) atoms. The molecule has 0 saturated carbocycles. The maximum atomic E-state index is 12.7. The fourth-order valence-electron chi connectivity index (χ4n) is 2.24. The summed E-state index contributed by atoms with van der Waals surface area (Å²) in [6, 6.07) is 11.5. The Bertz CT molecular complexity index is 717. The molecule has 3 nitrogen and oxygen atoms in total. The SMILES string of the molecule is COC(C(=O)N(C)c1ccccc1Br)c1ccc(C(F)(F)F)cc1. The zero-order valence-electron chi connectivity index (χ0n) is 13.0. The van der Waals surface area contributed by atoms with Crippen LogP contribution in [0.2, 0.25) is 0 Å². The molecule has 0 radical (unpaired) electrons. The molecular weight excluding hydrogens is 387 g/mol. The van der Waals surface area contributed by atoms with Crippen LogP contribution >= 0.6 is 15.9 Å². The molecule has 7 heteroatoms. The van der Waals surface area contributed by atoms with Crippen molar-refractivity contribution >= 4 is 27.5 Å². The summed E-state index contributed by atoms with van der Waals surface area (Å²) in [5, 5.41) is 0. The maximum Gasteiger partial charge on any atom is 0.416 e. The number of alkyl halides is 3. The maximum absolute atomic E-state index is 12.7. The molecule has 0 aromatic heterocycles. The van der Waals surface area contributed by atoms with Crippen molar-refractivity contribution in [3.05, 3.63) is 64.1 Å². The number of amides is 1. The van der Waals surface area contributed by atoms with Gasteiger partial charge in [0.1, 0.15) is 0 Å². The lowest BCUT2D eigenvalue weighted by Crippen LogP contribution is -2.32. The van der Waals surface area contributed by atoms with Gasteiger partial charge < -0.3 is 9.64 Å². The van der Waals surface area contributed by atoms with Crippen LogP contribution in [0, 0.1) is 0 Å². The number of nitrogens with zero attached hydrogens (tertiary/aromatic N) is 1. The highest BCUT2D eigenvalue weighted by Crippen LogP contribution is 2.32. The summed E-state index contributed by atoms with van der Waals surface area (Å²) in [4.78, 5) is 14.1. The molecule has 2 rings (SSSR count). The van der Waals surface area contributed by atoms with Crippen molar-refractivity contribution < 1.29 is 22.7 Å². The summed E-state index contributed by atoms with van der Waals surface area (Å²) in [6.45, 7) is 0. The summed E-state index contributed by atoms with van der Waals surface area (Å²) in [5.74, 6) is -0.385. The van der Waals surface area contributed by atoms with E-state index < -0.39 is 17.8 Å². The molecule has 0 spiro atoms. The number of benzene rings is 2. The molecule has 0 aliphatic carbocycles. The Balaban J connectivity index is 2.27. The first kappa shape index (κ1) is 18.5. The minimum absolute atomic E-state index is 0.356. The van der Waals surface area contributed by atoms with E-state index in [-0.39, 0.29) is 5.91 Å². The highest BCUT2D eigenvalue weighted by atomic mass is 79.9. The second-order valence-electron chi connectivity index (χ2n) is 5.08. The van der Waals surface area contributed by atoms with E-state index in [4.69, 9.17) is 4.74 Å². The van der Waals surface area contributed by atoms with Crippen molar-refractivity contribution in [2.45, 2.75) is 12.3 Å². The van der Waals surface area contributed by atoms with Crippen LogP contribution < -0.4 is 4.90 Å². The summed E-state index contributed by atoms with van der Waals surface area (Å²) >= 11 is 3.36. The number of hydrogen-bond acceptors (Lipinski definition) is 2. The Morgan fingerprint density at radius 1 is 1.12 bits per heavy atom. The Morgan fingerprint density at radius 3 is 2.21 bits per heavy atom. The second-order valence-corrected chi connectivity index (χ2v) is 5.94. The van der Waals surface area contributed by atoms with Gasteiger partial charge in [0.2, 0.25) is 0 Å².